The number of hydrogen-bond donors (Lipinski definition) is 2. The van der Waals surface area contributed by atoms with Crippen molar-refractivity contribution < 1.29 is 4.79 Å². The highest BCUT2D eigenvalue weighted by Gasteiger charge is 2.21. The first kappa shape index (κ1) is 13.8. The molecule has 0 bridgehead atoms. The van der Waals surface area contributed by atoms with Crippen LogP contribution in [-0.2, 0) is 17.9 Å². The molecule has 6 nitrogen and oxygen atoms in total. The van der Waals surface area contributed by atoms with E-state index in [4.69, 9.17) is 0 Å². The lowest BCUT2D eigenvalue weighted by Crippen LogP contribution is -2.31. The zero-order valence-electron chi connectivity index (χ0n) is 11.8. The first-order chi connectivity index (χ1) is 10.3. The van der Waals surface area contributed by atoms with E-state index in [1.807, 2.05) is 18.2 Å². The summed E-state index contributed by atoms with van der Waals surface area (Å²) in [5, 5.41) is 10.4. The van der Waals surface area contributed by atoms with E-state index in [1.165, 1.54) is 6.33 Å². The zero-order chi connectivity index (χ0) is 14.5. The Hall–Kier alpha value is -2.21. The molecular formula is C15H19N5O. The molecule has 1 aromatic heterocycles. The summed E-state index contributed by atoms with van der Waals surface area (Å²) in [5.74, 6) is 0.239. The molecule has 1 aliphatic heterocycles. The summed E-state index contributed by atoms with van der Waals surface area (Å²) in [7, 11) is 0. The SMILES string of the molecule is O=C(NCc1ccccc1Cn1cncn1)[C@H]1CCNC1. The van der Waals surface area contributed by atoms with Gasteiger partial charge in [0.15, 0.2) is 0 Å². The summed E-state index contributed by atoms with van der Waals surface area (Å²) >= 11 is 0. The van der Waals surface area contributed by atoms with Crippen molar-refractivity contribution in [3.05, 3.63) is 48.0 Å². The van der Waals surface area contributed by atoms with E-state index in [9.17, 15) is 4.79 Å². The highest BCUT2D eigenvalue weighted by atomic mass is 16.1. The van der Waals surface area contributed by atoms with Gasteiger partial charge in [0.25, 0.3) is 0 Å². The third kappa shape index (κ3) is 3.46. The lowest BCUT2D eigenvalue weighted by atomic mass is 10.1. The molecule has 2 heterocycles. The molecule has 0 unspecified atom stereocenters. The number of aromatic nitrogens is 3. The Kier molecular flexibility index (Phi) is 4.25. The second-order valence-electron chi connectivity index (χ2n) is 5.27. The smallest absolute Gasteiger partial charge is 0.224 e. The van der Waals surface area contributed by atoms with Crippen LogP contribution in [-0.4, -0.2) is 33.8 Å². The van der Waals surface area contributed by atoms with Gasteiger partial charge in [0.05, 0.1) is 12.5 Å². The molecule has 2 aromatic rings. The van der Waals surface area contributed by atoms with Gasteiger partial charge in [0.1, 0.15) is 12.7 Å². The van der Waals surface area contributed by atoms with Crippen LogP contribution in [0, 0.1) is 5.92 Å². The maximum absolute atomic E-state index is 12.1. The van der Waals surface area contributed by atoms with E-state index in [-0.39, 0.29) is 11.8 Å². The molecule has 1 aliphatic rings. The van der Waals surface area contributed by atoms with Crippen molar-refractivity contribution in [3.63, 3.8) is 0 Å². The van der Waals surface area contributed by atoms with Gasteiger partial charge in [0, 0.05) is 13.1 Å². The fourth-order valence-corrected chi connectivity index (χ4v) is 2.58. The van der Waals surface area contributed by atoms with E-state index < -0.39 is 0 Å². The van der Waals surface area contributed by atoms with Crippen LogP contribution in [0.15, 0.2) is 36.9 Å². The predicted octanol–water partition coefficient (Wildman–Crippen LogP) is 0.552. The largest absolute Gasteiger partial charge is 0.352 e. The molecule has 2 N–H and O–H groups in total. The molecule has 21 heavy (non-hydrogen) atoms. The van der Waals surface area contributed by atoms with Gasteiger partial charge in [-0.3, -0.25) is 4.79 Å². The average Bonchev–Trinajstić information content (AvgIpc) is 3.19. The number of carbonyl (C=O) groups is 1. The van der Waals surface area contributed by atoms with Crippen LogP contribution >= 0.6 is 0 Å². The fourth-order valence-electron chi connectivity index (χ4n) is 2.58. The molecule has 0 saturated carbocycles. The van der Waals surface area contributed by atoms with Crippen molar-refractivity contribution >= 4 is 5.91 Å². The first-order valence-corrected chi connectivity index (χ1v) is 7.20. The number of nitrogens with one attached hydrogen (secondary N) is 2. The summed E-state index contributed by atoms with van der Waals surface area (Å²) in [4.78, 5) is 16.0. The Morgan fingerprint density at radius 2 is 2.24 bits per heavy atom. The van der Waals surface area contributed by atoms with Gasteiger partial charge in [-0.05, 0) is 24.1 Å². The normalized spacial score (nSPS) is 17.8. The molecule has 0 radical (unpaired) electrons. The molecule has 1 amide bonds. The summed E-state index contributed by atoms with van der Waals surface area (Å²) in [5.41, 5.74) is 2.26. The molecule has 6 heteroatoms. The Morgan fingerprint density at radius 1 is 1.38 bits per heavy atom. The standard InChI is InChI=1S/C15H19N5O/c21-15(13-5-6-16-7-13)18-8-12-3-1-2-4-14(12)9-20-11-17-10-19-20/h1-4,10-11,13,16H,5-9H2,(H,18,21)/t13-/m0/s1. The Labute approximate surface area is 123 Å². The number of rotatable bonds is 5. The van der Waals surface area contributed by atoms with Crippen molar-refractivity contribution in [3.8, 4) is 0 Å². The maximum Gasteiger partial charge on any atom is 0.224 e. The first-order valence-electron chi connectivity index (χ1n) is 7.20. The van der Waals surface area contributed by atoms with E-state index >= 15 is 0 Å². The number of carbonyl (C=O) groups excluding carboxylic acids is 1. The van der Waals surface area contributed by atoms with Crippen LogP contribution in [0.25, 0.3) is 0 Å². The Bertz CT molecular complexity index is 590. The molecule has 1 aromatic carbocycles. The summed E-state index contributed by atoms with van der Waals surface area (Å²) in [6.07, 6.45) is 4.14. The summed E-state index contributed by atoms with van der Waals surface area (Å²) < 4.78 is 1.78. The van der Waals surface area contributed by atoms with Crippen LogP contribution in [0.1, 0.15) is 17.5 Å². The molecule has 1 saturated heterocycles. The van der Waals surface area contributed by atoms with Crippen LogP contribution in [0.3, 0.4) is 0 Å². The third-order valence-corrected chi connectivity index (χ3v) is 3.80. The van der Waals surface area contributed by atoms with Crippen molar-refractivity contribution in [1.29, 1.82) is 0 Å². The second kappa shape index (κ2) is 6.49. The molecular weight excluding hydrogens is 266 g/mol. The van der Waals surface area contributed by atoms with Gasteiger partial charge in [0.2, 0.25) is 5.91 Å². The topological polar surface area (TPSA) is 71.8 Å². The number of benzene rings is 1. The molecule has 110 valence electrons. The number of hydrogen-bond acceptors (Lipinski definition) is 4. The molecule has 1 atom stereocenters. The number of nitrogens with zero attached hydrogens (tertiary/aromatic N) is 3. The number of amides is 1. The molecule has 1 fully saturated rings. The lowest BCUT2D eigenvalue weighted by Gasteiger charge is -2.13. The minimum absolute atomic E-state index is 0.104. The van der Waals surface area contributed by atoms with Crippen LogP contribution in [0.5, 0.6) is 0 Å². The minimum Gasteiger partial charge on any atom is -0.352 e. The van der Waals surface area contributed by atoms with Crippen molar-refractivity contribution in [2.75, 3.05) is 13.1 Å². The van der Waals surface area contributed by atoms with Crippen LogP contribution in [0.2, 0.25) is 0 Å². The monoisotopic (exact) mass is 285 g/mol. The van der Waals surface area contributed by atoms with Crippen LogP contribution in [0.4, 0.5) is 0 Å². The van der Waals surface area contributed by atoms with Crippen molar-refractivity contribution in [1.82, 2.24) is 25.4 Å². The van der Waals surface area contributed by atoms with Gasteiger partial charge < -0.3 is 10.6 Å². The van der Waals surface area contributed by atoms with E-state index in [0.29, 0.717) is 13.1 Å². The second-order valence-corrected chi connectivity index (χ2v) is 5.27. The molecule has 0 aliphatic carbocycles. The van der Waals surface area contributed by atoms with Crippen LogP contribution < -0.4 is 10.6 Å². The van der Waals surface area contributed by atoms with Gasteiger partial charge in [-0.15, -0.1) is 0 Å². The van der Waals surface area contributed by atoms with E-state index in [1.54, 1.807) is 11.0 Å². The van der Waals surface area contributed by atoms with Gasteiger partial charge in [-0.2, -0.15) is 5.10 Å². The third-order valence-electron chi connectivity index (χ3n) is 3.80. The van der Waals surface area contributed by atoms with Gasteiger partial charge in [-0.1, -0.05) is 24.3 Å². The minimum atomic E-state index is 0.104. The van der Waals surface area contributed by atoms with E-state index in [0.717, 1.165) is 30.6 Å². The van der Waals surface area contributed by atoms with Crippen molar-refractivity contribution in [2.24, 2.45) is 5.92 Å². The predicted molar refractivity (Wildman–Crippen MR) is 78.4 cm³/mol. The lowest BCUT2D eigenvalue weighted by molar-refractivity contribution is -0.124. The summed E-state index contributed by atoms with van der Waals surface area (Å²) in [6, 6.07) is 8.08. The quantitative estimate of drug-likeness (QED) is 0.841. The van der Waals surface area contributed by atoms with Gasteiger partial charge in [-0.25, -0.2) is 9.67 Å². The molecule has 3 rings (SSSR count). The Morgan fingerprint density at radius 3 is 2.95 bits per heavy atom. The fraction of sp³-hybridized carbons (Fsp3) is 0.400. The highest BCUT2D eigenvalue weighted by Crippen LogP contribution is 2.12. The Balaban J connectivity index is 1.63. The average molecular weight is 285 g/mol. The summed E-state index contributed by atoms with van der Waals surface area (Å²) in [6.45, 7) is 2.94. The zero-order valence-corrected chi connectivity index (χ0v) is 11.8. The molecule has 0 spiro atoms. The maximum atomic E-state index is 12.1. The van der Waals surface area contributed by atoms with E-state index in [2.05, 4.69) is 26.8 Å². The highest BCUT2D eigenvalue weighted by molar-refractivity contribution is 5.79. The van der Waals surface area contributed by atoms with Crippen molar-refractivity contribution in [2.45, 2.75) is 19.5 Å². The van der Waals surface area contributed by atoms with Gasteiger partial charge >= 0.3 is 0 Å².